The van der Waals surface area contributed by atoms with E-state index in [-0.39, 0.29) is 18.9 Å². The number of hydrogen-bond acceptors (Lipinski definition) is 13. The Morgan fingerprint density at radius 2 is 0.986 bits per heavy atom. The molecule has 12 atom stereocenters. The minimum atomic E-state index is -1.79. The van der Waals surface area contributed by atoms with E-state index in [0.29, 0.717) is 12.8 Å². The summed E-state index contributed by atoms with van der Waals surface area (Å²) in [6.07, 6.45) is 36.2. The summed E-state index contributed by atoms with van der Waals surface area (Å²) in [5.74, 6) is -0.226. The number of ether oxygens (including phenoxy) is 4. The van der Waals surface area contributed by atoms with Crippen molar-refractivity contribution in [3.63, 3.8) is 0 Å². The zero-order valence-corrected chi connectivity index (χ0v) is 43.0. The summed E-state index contributed by atoms with van der Waals surface area (Å²) in [7, 11) is 0. The van der Waals surface area contributed by atoms with E-state index in [9.17, 15) is 45.6 Å². The maximum absolute atomic E-state index is 13.2. The highest BCUT2D eigenvalue weighted by Gasteiger charge is 2.51. The van der Waals surface area contributed by atoms with Gasteiger partial charge in [0.1, 0.15) is 48.8 Å². The van der Waals surface area contributed by atoms with Crippen molar-refractivity contribution >= 4 is 5.91 Å². The third-order valence-electron chi connectivity index (χ3n) is 12.9. The minimum absolute atomic E-state index is 0.226. The van der Waals surface area contributed by atoms with E-state index in [1.807, 2.05) is 0 Å². The van der Waals surface area contributed by atoms with Gasteiger partial charge in [0.25, 0.3) is 0 Å². The van der Waals surface area contributed by atoms with Crippen molar-refractivity contribution in [1.29, 1.82) is 0 Å². The monoisotopic (exact) mass is 992 g/mol. The highest BCUT2D eigenvalue weighted by Crippen LogP contribution is 2.30. The molecule has 2 aliphatic heterocycles. The third-order valence-corrected chi connectivity index (χ3v) is 12.9. The number of nitrogens with one attached hydrogen (secondary N) is 1. The van der Waals surface area contributed by atoms with Gasteiger partial charge in [0, 0.05) is 6.42 Å². The Kier molecular flexibility index (Phi) is 38.0. The summed E-state index contributed by atoms with van der Waals surface area (Å²) in [6, 6.07) is -0.840. The summed E-state index contributed by atoms with van der Waals surface area (Å²) < 4.78 is 22.7. The topological polar surface area (TPSA) is 228 Å². The summed E-state index contributed by atoms with van der Waals surface area (Å²) in [5.41, 5.74) is 0. The summed E-state index contributed by atoms with van der Waals surface area (Å²) in [5, 5.41) is 86.9. The molecular weight excluding hydrogens is 895 g/mol. The molecule has 2 fully saturated rings. The van der Waals surface area contributed by atoms with E-state index in [1.165, 1.54) is 44.9 Å². The van der Waals surface area contributed by atoms with E-state index in [2.05, 4.69) is 92.1 Å². The Balaban J connectivity index is 1.76. The second-order valence-corrected chi connectivity index (χ2v) is 19.0. The van der Waals surface area contributed by atoms with Crippen molar-refractivity contribution in [3.8, 4) is 0 Å². The lowest BCUT2D eigenvalue weighted by Crippen LogP contribution is -2.65. The zero-order chi connectivity index (χ0) is 51.0. The predicted molar refractivity (Wildman–Crippen MR) is 277 cm³/mol. The molecule has 2 rings (SSSR count). The molecule has 0 saturated carbocycles. The highest BCUT2D eigenvalue weighted by molar-refractivity contribution is 5.76. The Labute approximate surface area is 421 Å². The van der Waals surface area contributed by atoms with Crippen LogP contribution in [0.3, 0.4) is 0 Å². The summed E-state index contributed by atoms with van der Waals surface area (Å²) >= 11 is 0. The van der Waals surface area contributed by atoms with Gasteiger partial charge in [-0.25, -0.2) is 0 Å². The molecule has 12 unspecified atom stereocenters. The largest absolute Gasteiger partial charge is 0.394 e. The number of carbonyl (C=O) groups excluding carboxylic acids is 1. The van der Waals surface area contributed by atoms with Crippen molar-refractivity contribution in [2.75, 3.05) is 19.8 Å². The molecule has 14 nitrogen and oxygen atoms in total. The first kappa shape index (κ1) is 63.5. The molecule has 0 aromatic rings. The Morgan fingerprint density at radius 1 is 0.529 bits per heavy atom. The van der Waals surface area contributed by atoms with Crippen LogP contribution in [0.25, 0.3) is 0 Å². The van der Waals surface area contributed by atoms with Crippen LogP contribution in [0.15, 0.2) is 72.9 Å². The first-order chi connectivity index (χ1) is 34.1. The molecule has 9 N–H and O–H groups in total. The first-order valence-corrected chi connectivity index (χ1v) is 27.2. The van der Waals surface area contributed by atoms with Gasteiger partial charge in [-0.2, -0.15) is 0 Å². The zero-order valence-electron chi connectivity index (χ0n) is 43.0. The number of aliphatic hydroxyl groups excluding tert-OH is 8. The van der Waals surface area contributed by atoms with Crippen LogP contribution in [0.1, 0.15) is 181 Å². The van der Waals surface area contributed by atoms with Crippen molar-refractivity contribution in [1.82, 2.24) is 5.32 Å². The molecule has 0 spiro atoms. The fourth-order valence-corrected chi connectivity index (χ4v) is 8.53. The maximum atomic E-state index is 13.2. The van der Waals surface area contributed by atoms with Crippen LogP contribution in [0.5, 0.6) is 0 Å². The molecule has 2 heterocycles. The number of amides is 1. The van der Waals surface area contributed by atoms with Crippen LogP contribution >= 0.6 is 0 Å². The highest BCUT2D eigenvalue weighted by atomic mass is 16.7. The van der Waals surface area contributed by atoms with Gasteiger partial charge in [-0.15, -0.1) is 0 Å². The fraction of sp³-hybridized carbons (Fsp3) is 0.768. The van der Waals surface area contributed by atoms with E-state index >= 15 is 0 Å². The average molecular weight is 992 g/mol. The second kappa shape index (κ2) is 41.9. The van der Waals surface area contributed by atoms with Gasteiger partial charge in [0.2, 0.25) is 5.91 Å². The fourth-order valence-electron chi connectivity index (χ4n) is 8.53. The number of aliphatic hydroxyl groups is 8. The molecular formula is C56H97NO13. The van der Waals surface area contributed by atoms with E-state index in [4.69, 9.17) is 18.9 Å². The number of unbranched alkanes of at least 4 members (excludes halogenated alkanes) is 16. The third kappa shape index (κ3) is 28.0. The smallest absolute Gasteiger partial charge is 0.220 e. The number of hydrogen-bond donors (Lipinski definition) is 9. The van der Waals surface area contributed by atoms with Crippen molar-refractivity contribution in [2.45, 2.75) is 254 Å². The average Bonchev–Trinajstić information content (AvgIpc) is 3.36. The van der Waals surface area contributed by atoms with Crippen LogP contribution in [0.4, 0.5) is 0 Å². The van der Waals surface area contributed by atoms with Gasteiger partial charge >= 0.3 is 0 Å². The molecule has 0 aliphatic carbocycles. The van der Waals surface area contributed by atoms with Gasteiger partial charge in [0.05, 0.1) is 32.0 Å². The lowest BCUT2D eigenvalue weighted by atomic mass is 9.97. The SMILES string of the molecule is CC/C=C\C/C=C\C/C=C\C/C=C\C/C=C\C/C=C\CCCCCCCCC(=O)NC(COC1OC(CO)C(OC2OC(CO)C(O)C(O)C2O)C(O)C1O)C(O)CCCCCCCCCCCCC. The second-order valence-electron chi connectivity index (χ2n) is 19.0. The standard InChI is InChI=1S/C56H97NO13/c1-3-5-7-9-11-13-15-16-17-18-19-20-21-22-23-24-25-26-27-28-30-32-34-36-38-40-48(61)57-44(45(60)39-37-35-33-31-29-14-12-10-8-6-4-2)43-67-55-53(66)51(64)54(47(42-59)69-55)70-56-52(65)50(63)49(62)46(41-58)68-56/h5,7,11,13,16-17,19-20,22-23,25-26,44-47,49-56,58-60,62-66H,3-4,6,8-10,12,14-15,18,21,24,27-43H2,1-2H3,(H,57,61)/b7-5-,13-11-,17-16-,20-19-,23-22-,26-25-. The Hall–Kier alpha value is -2.57. The molecule has 0 bridgehead atoms. The molecule has 0 aromatic carbocycles. The summed E-state index contributed by atoms with van der Waals surface area (Å²) in [4.78, 5) is 13.2. The van der Waals surface area contributed by atoms with Crippen LogP contribution in [0, 0.1) is 0 Å². The molecule has 14 heteroatoms. The van der Waals surface area contributed by atoms with E-state index in [1.54, 1.807) is 0 Å². The van der Waals surface area contributed by atoms with Crippen LogP contribution in [-0.2, 0) is 23.7 Å². The predicted octanol–water partition coefficient (Wildman–Crippen LogP) is 7.99. The van der Waals surface area contributed by atoms with Crippen LogP contribution < -0.4 is 5.32 Å². The van der Waals surface area contributed by atoms with E-state index in [0.717, 1.165) is 103 Å². The molecule has 2 aliphatic rings. The maximum Gasteiger partial charge on any atom is 0.220 e. The lowest BCUT2D eigenvalue weighted by Gasteiger charge is -2.46. The molecule has 1 amide bonds. The molecule has 0 radical (unpaired) electrons. The van der Waals surface area contributed by atoms with Crippen molar-refractivity contribution < 1.29 is 64.6 Å². The molecule has 0 aromatic heterocycles. The van der Waals surface area contributed by atoms with Gasteiger partial charge in [-0.1, -0.05) is 183 Å². The van der Waals surface area contributed by atoms with Crippen molar-refractivity contribution in [3.05, 3.63) is 72.9 Å². The summed E-state index contributed by atoms with van der Waals surface area (Å²) in [6.45, 7) is 2.70. The Morgan fingerprint density at radius 3 is 1.51 bits per heavy atom. The van der Waals surface area contributed by atoms with Gasteiger partial charge in [-0.3, -0.25) is 4.79 Å². The van der Waals surface area contributed by atoms with Gasteiger partial charge in [-0.05, 0) is 64.2 Å². The van der Waals surface area contributed by atoms with Crippen LogP contribution in [0.2, 0.25) is 0 Å². The quantitative estimate of drug-likeness (QED) is 0.0209. The Bertz CT molecular complexity index is 1450. The van der Waals surface area contributed by atoms with Gasteiger partial charge < -0.3 is 65.1 Å². The first-order valence-electron chi connectivity index (χ1n) is 27.2. The van der Waals surface area contributed by atoms with Crippen molar-refractivity contribution in [2.24, 2.45) is 0 Å². The van der Waals surface area contributed by atoms with Gasteiger partial charge in [0.15, 0.2) is 12.6 Å². The minimum Gasteiger partial charge on any atom is -0.394 e. The van der Waals surface area contributed by atoms with Crippen LogP contribution in [-0.4, -0.2) is 140 Å². The lowest BCUT2D eigenvalue weighted by molar-refractivity contribution is -0.359. The molecule has 404 valence electrons. The number of carbonyl (C=O) groups is 1. The molecule has 2 saturated heterocycles. The molecule has 70 heavy (non-hydrogen) atoms. The normalized spacial score (nSPS) is 26.5. The number of allylic oxidation sites excluding steroid dienone is 12. The number of rotatable bonds is 41. The van der Waals surface area contributed by atoms with E-state index < -0.39 is 86.8 Å².